The number of nitrogens with one attached hydrogen (secondary N) is 1. The molecule has 0 aliphatic carbocycles. The van der Waals surface area contributed by atoms with Gasteiger partial charge in [0, 0.05) is 5.56 Å². The van der Waals surface area contributed by atoms with E-state index in [0.717, 1.165) is 0 Å². The normalized spacial score (nSPS) is 10.9. The molecule has 0 spiro atoms. The number of nitrogens with two attached hydrogens (primary N) is 1. The van der Waals surface area contributed by atoms with Gasteiger partial charge in [-0.05, 0) is 12.1 Å². The van der Waals surface area contributed by atoms with Crippen LogP contribution in [0.4, 0.5) is 5.69 Å². The monoisotopic (exact) mass is 358 g/mol. The van der Waals surface area contributed by atoms with Crippen LogP contribution in [0.5, 0.6) is 5.75 Å². The number of aromatic hydroxyl groups is 1. The largest absolute Gasteiger partial charge is 0.507 e. The summed E-state index contributed by atoms with van der Waals surface area (Å²) in [5.74, 6) is -0.697. The Morgan fingerprint density at radius 1 is 1.27 bits per heavy atom. The number of amides is 1. The Balaban J connectivity index is 2.19. The molecule has 2 rings (SSSR count). The van der Waals surface area contributed by atoms with E-state index < -0.39 is 5.91 Å². The Hall–Kier alpha value is -2.02. The van der Waals surface area contributed by atoms with Gasteiger partial charge in [-0.1, -0.05) is 46.9 Å². The van der Waals surface area contributed by atoms with Gasteiger partial charge in [-0.2, -0.15) is 5.10 Å². The van der Waals surface area contributed by atoms with Crippen molar-refractivity contribution in [2.45, 2.75) is 0 Å². The number of hydrogen-bond donors (Lipinski definition) is 3. The smallest absolute Gasteiger partial charge is 0.291 e. The third-order valence-corrected chi connectivity index (χ3v) is 3.73. The fraction of sp³-hybridized carbons (Fsp3) is 0. The Labute approximate surface area is 140 Å². The second-order valence-corrected chi connectivity index (χ2v) is 5.16. The molecule has 1 aromatic heterocycles. The van der Waals surface area contributed by atoms with Crippen LogP contribution in [0.2, 0.25) is 15.2 Å². The number of aromatic nitrogens is 1. The summed E-state index contributed by atoms with van der Waals surface area (Å²) in [6.07, 6.45) is 1.27. The number of halogens is 3. The highest BCUT2D eigenvalue weighted by Crippen LogP contribution is 2.34. The number of phenolic OH excluding ortho intramolecular Hbond substituents is 1. The highest BCUT2D eigenvalue weighted by molar-refractivity contribution is 6.46. The molecule has 114 valence electrons. The SMILES string of the molecule is Nc1c(Cl)c(Cl)nc(C(=O)NN=Cc2ccccc2O)c1Cl. The number of nitrogens with zero attached hydrogens (tertiary/aromatic N) is 2. The Kier molecular flexibility index (Phi) is 5.07. The summed E-state index contributed by atoms with van der Waals surface area (Å²) >= 11 is 17.4. The molecular weight excluding hydrogens is 351 g/mol. The van der Waals surface area contributed by atoms with Gasteiger partial charge in [0.05, 0.1) is 16.9 Å². The number of carbonyl (C=O) groups is 1. The molecule has 0 fully saturated rings. The Bertz CT molecular complexity index is 765. The van der Waals surface area contributed by atoms with E-state index in [1.807, 2.05) is 0 Å². The molecule has 4 N–H and O–H groups in total. The van der Waals surface area contributed by atoms with Crippen molar-refractivity contribution in [1.29, 1.82) is 0 Å². The van der Waals surface area contributed by atoms with Crippen LogP contribution in [0.25, 0.3) is 0 Å². The summed E-state index contributed by atoms with van der Waals surface area (Å²) in [6.45, 7) is 0. The minimum Gasteiger partial charge on any atom is -0.507 e. The zero-order chi connectivity index (χ0) is 16.3. The van der Waals surface area contributed by atoms with Gasteiger partial charge < -0.3 is 10.8 Å². The van der Waals surface area contributed by atoms with Crippen molar-refractivity contribution in [2.24, 2.45) is 5.10 Å². The minimum atomic E-state index is -0.720. The summed E-state index contributed by atoms with van der Waals surface area (Å²) < 4.78 is 0. The van der Waals surface area contributed by atoms with Gasteiger partial charge in [0.25, 0.3) is 5.91 Å². The number of benzene rings is 1. The van der Waals surface area contributed by atoms with E-state index in [2.05, 4.69) is 15.5 Å². The fourth-order valence-electron chi connectivity index (χ4n) is 1.49. The van der Waals surface area contributed by atoms with Crippen LogP contribution >= 0.6 is 34.8 Å². The molecule has 0 unspecified atom stereocenters. The van der Waals surface area contributed by atoms with Crippen molar-refractivity contribution in [3.8, 4) is 5.75 Å². The third-order valence-electron chi connectivity index (χ3n) is 2.59. The molecule has 0 radical (unpaired) electrons. The summed E-state index contributed by atoms with van der Waals surface area (Å²) in [6, 6.07) is 6.48. The van der Waals surface area contributed by atoms with Crippen LogP contribution in [-0.4, -0.2) is 22.2 Å². The highest BCUT2D eigenvalue weighted by Gasteiger charge is 2.19. The van der Waals surface area contributed by atoms with Crippen LogP contribution < -0.4 is 11.2 Å². The van der Waals surface area contributed by atoms with E-state index in [1.54, 1.807) is 18.2 Å². The van der Waals surface area contributed by atoms with Crippen molar-refractivity contribution < 1.29 is 9.90 Å². The van der Waals surface area contributed by atoms with Crippen LogP contribution in [0.15, 0.2) is 29.4 Å². The van der Waals surface area contributed by atoms with Crippen molar-refractivity contribution in [1.82, 2.24) is 10.4 Å². The van der Waals surface area contributed by atoms with Gasteiger partial charge in [-0.25, -0.2) is 10.4 Å². The predicted octanol–water partition coefficient (Wildman–Crippen LogP) is 3.09. The molecule has 1 heterocycles. The van der Waals surface area contributed by atoms with E-state index in [-0.39, 0.29) is 32.3 Å². The van der Waals surface area contributed by atoms with Crippen molar-refractivity contribution in [3.05, 3.63) is 50.7 Å². The number of hydrogen-bond acceptors (Lipinski definition) is 5. The van der Waals surface area contributed by atoms with Crippen LogP contribution in [-0.2, 0) is 0 Å². The number of anilines is 1. The summed E-state index contributed by atoms with van der Waals surface area (Å²) in [5, 5.41) is 13.0. The number of carbonyl (C=O) groups excluding carboxylic acids is 1. The first-order valence-corrected chi connectivity index (χ1v) is 6.96. The first kappa shape index (κ1) is 16.4. The maximum atomic E-state index is 12.0. The lowest BCUT2D eigenvalue weighted by molar-refractivity contribution is 0.0950. The molecule has 0 saturated heterocycles. The van der Waals surface area contributed by atoms with Gasteiger partial charge in [0.15, 0.2) is 10.8 Å². The third kappa shape index (κ3) is 3.41. The summed E-state index contributed by atoms with van der Waals surface area (Å²) in [4.78, 5) is 15.7. The average molecular weight is 360 g/mol. The first-order chi connectivity index (χ1) is 10.4. The second-order valence-electron chi connectivity index (χ2n) is 4.05. The Morgan fingerprint density at radius 3 is 2.64 bits per heavy atom. The predicted molar refractivity (Wildman–Crippen MR) is 86.8 cm³/mol. The van der Waals surface area contributed by atoms with Gasteiger partial charge in [0.1, 0.15) is 10.8 Å². The van der Waals surface area contributed by atoms with E-state index in [0.29, 0.717) is 5.56 Å². The van der Waals surface area contributed by atoms with Gasteiger partial charge >= 0.3 is 0 Å². The topological polar surface area (TPSA) is 101 Å². The second kappa shape index (κ2) is 6.83. The first-order valence-electron chi connectivity index (χ1n) is 5.83. The molecule has 1 aromatic carbocycles. The molecule has 9 heteroatoms. The summed E-state index contributed by atoms with van der Waals surface area (Å²) in [5.41, 5.74) is 8.00. The fourth-order valence-corrected chi connectivity index (χ4v) is 2.09. The number of hydrazone groups is 1. The molecular formula is C13H9Cl3N4O2. The quantitative estimate of drug-likeness (QED) is 0.445. The molecule has 1 amide bonds. The molecule has 2 aromatic rings. The van der Waals surface area contributed by atoms with Crippen molar-refractivity contribution in [3.63, 3.8) is 0 Å². The number of nitrogen functional groups attached to an aromatic ring is 1. The average Bonchev–Trinajstić information content (AvgIpc) is 2.50. The number of pyridine rings is 1. The summed E-state index contributed by atoms with van der Waals surface area (Å²) in [7, 11) is 0. The minimum absolute atomic E-state index is 0.0236. The lowest BCUT2D eigenvalue weighted by Crippen LogP contribution is -2.20. The van der Waals surface area contributed by atoms with Crippen LogP contribution in [0.3, 0.4) is 0 Å². The number of rotatable bonds is 3. The molecule has 22 heavy (non-hydrogen) atoms. The lowest BCUT2D eigenvalue weighted by Gasteiger charge is -2.07. The van der Waals surface area contributed by atoms with E-state index >= 15 is 0 Å². The van der Waals surface area contributed by atoms with Gasteiger partial charge in [-0.15, -0.1) is 0 Å². The molecule has 0 aliphatic heterocycles. The van der Waals surface area contributed by atoms with Gasteiger partial charge in [0.2, 0.25) is 0 Å². The van der Waals surface area contributed by atoms with Crippen molar-refractivity contribution in [2.75, 3.05) is 5.73 Å². The molecule has 0 aliphatic rings. The number of para-hydroxylation sites is 1. The molecule has 6 nitrogen and oxygen atoms in total. The maximum absolute atomic E-state index is 12.0. The molecule has 0 bridgehead atoms. The van der Waals surface area contributed by atoms with E-state index in [9.17, 15) is 9.90 Å². The zero-order valence-electron chi connectivity index (χ0n) is 10.8. The zero-order valence-corrected chi connectivity index (χ0v) is 13.1. The standard InChI is InChI=1S/C13H9Cl3N4O2/c14-8-10(17)9(15)12(16)19-11(8)13(22)20-18-5-6-3-1-2-4-7(6)21/h1-5,21H,(H2,17,19)(H,20,22). The maximum Gasteiger partial charge on any atom is 0.291 e. The van der Waals surface area contributed by atoms with Crippen LogP contribution in [0.1, 0.15) is 16.1 Å². The van der Waals surface area contributed by atoms with Crippen molar-refractivity contribution >= 4 is 52.6 Å². The Morgan fingerprint density at radius 2 is 1.95 bits per heavy atom. The molecule has 0 saturated carbocycles. The highest BCUT2D eigenvalue weighted by atomic mass is 35.5. The van der Waals surface area contributed by atoms with E-state index in [4.69, 9.17) is 40.5 Å². The lowest BCUT2D eigenvalue weighted by atomic mass is 10.2. The molecule has 0 atom stereocenters. The van der Waals surface area contributed by atoms with Gasteiger partial charge in [-0.3, -0.25) is 4.79 Å². The van der Waals surface area contributed by atoms with Crippen LogP contribution in [0, 0.1) is 0 Å². The number of phenols is 1. The van der Waals surface area contributed by atoms with E-state index in [1.165, 1.54) is 12.3 Å².